The first-order chi connectivity index (χ1) is 13.1. The second-order valence-electron chi connectivity index (χ2n) is 6.19. The van der Waals surface area contributed by atoms with E-state index in [-0.39, 0.29) is 11.5 Å². The van der Waals surface area contributed by atoms with Gasteiger partial charge in [-0.05, 0) is 48.9 Å². The molecule has 0 fully saturated rings. The molecular formula is C19H23N5O2S. The Bertz CT molecular complexity index is 947. The molecule has 8 heteroatoms. The lowest BCUT2D eigenvalue weighted by Gasteiger charge is -2.09. The zero-order valence-electron chi connectivity index (χ0n) is 16.0. The highest BCUT2D eigenvalue weighted by atomic mass is 32.2. The van der Waals surface area contributed by atoms with Crippen LogP contribution in [0.5, 0.6) is 5.75 Å². The Morgan fingerprint density at radius 1 is 1.26 bits per heavy atom. The number of tetrazole rings is 1. The van der Waals surface area contributed by atoms with E-state index < -0.39 is 0 Å². The van der Waals surface area contributed by atoms with Gasteiger partial charge in [-0.15, -0.1) is 5.10 Å². The number of carbonyl (C=O) groups is 1. The highest BCUT2D eigenvalue weighted by Gasteiger charge is 2.18. The van der Waals surface area contributed by atoms with E-state index in [9.17, 15) is 4.79 Å². The van der Waals surface area contributed by atoms with E-state index >= 15 is 0 Å². The van der Waals surface area contributed by atoms with Gasteiger partial charge in [0.1, 0.15) is 11.4 Å². The van der Waals surface area contributed by atoms with Gasteiger partial charge in [-0.3, -0.25) is 4.79 Å². The molecule has 0 radical (unpaired) electrons. The van der Waals surface area contributed by atoms with E-state index in [1.54, 1.807) is 11.8 Å². The fraction of sp³-hybridized carbons (Fsp3) is 0.368. The summed E-state index contributed by atoms with van der Waals surface area (Å²) in [5, 5.41) is 12.4. The number of methoxy groups -OCH3 is 1. The van der Waals surface area contributed by atoms with Crippen molar-refractivity contribution in [3.05, 3.63) is 47.3 Å². The van der Waals surface area contributed by atoms with Gasteiger partial charge in [0, 0.05) is 23.5 Å². The number of ketones is 1. The van der Waals surface area contributed by atoms with E-state index in [4.69, 9.17) is 4.74 Å². The van der Waals surface area contributed by atoms with Gasteiger partial charge >= 0.3 is 0 Å². The molecule has 0 saturated heterocycles. The van der Waals surface area contributed by atoms with Gasteiger partial charge in [0.05, 0.1) is 12.9 Å². The minimum Gasteiger partial charge on any atom is -0.494 e. The summed E-state index contributed by atoms with van der Waals surface area (Å²) in [7, 11) is 1.60. The lowest BCUT2D eigenvalue weighted by atomic mass is 10.2. The molecular weight excluding hydrogens is 362 g/mol. The van der Waals surface area contributed by atoms with Gasteiger partial charge in [0.25, 0.3) is 0 Å². The predicted molar refractivity (Wildman–Crippen MR) is 105 cm³/mol. The topological polar surface area (TPSA) is 74.8 Å². The third-order valence-electron chi connectivity index (χ3n) is 4.41. The number of benzene rings is 1. The molecule has 0 saturated carbocycles. The summed E-state index contributed by atoms with van der Waals surface area (Å²) in [4.78, 5) is 12.8. The van der Waals surface area contributed by atoms with Gasteiger partial charge in [-0.25, -0.2) is 0 Å². The van der Waals surface area contributed by atoms with Gasteiger partial charge < -0.3 is 9.30 Å². The number of hydrogen-bond donors (Lipinski definition) is 0. The van der Waals surface area contributed by atoms with Crippen LogP contribution in [-0.4, -0.2) is 43.4 Å². The summed E-state index contributed by atoms with van der Waals surface area (Å²) < 4.78 is 9.16. The Balaban J connectivity index is 1.78. The van der Waals surface area contributed by atoms with Crippen LogP contribution in [0.4, 0.5) is 0 Å². The van der Waals surface area contributed by atoms with Gasteiger partial charge in [-0.1, -0.05) is 30.8 Å². The number of ether oxygens (including phenoxy) is 1. The fourth-order valence-electron chi connectivity index (χ4n) is 3.08. The van der Waals surface area contributed by atoms with Gasteiger partial charge in [0.15, 0.2) is 5.78 Å². The lowest BCUT2D eigenvalue weighted by Crippen LogP contribution is -2.08. The summed E-state index contributed by atoms with van der Waals surface area (Å²) in [6, 6.07) is 9.46. The van der Waals surface area contributed by atoms with Crippen molar-refractivity contribution in [2.45, 2.75) is 38.9 Å². The summed E-state index contributed by atoms with van der Waals surface area (Å²) in [6.45, 7) is 7.09. The van der Waals surface area contributed by atoms with Crippen LogP contribution in [0.1, 0.15) is 35.1 Å². The third kappa shape index (κ3) is 3.90. The minimum absolute atomic E-state index is 0.0741. The standard InChI is InChI=1S/C19H23N5O2S/c1-5-10-23-13(2)11-15(14(23)3)17(25)12-27-19-20-21-22-24(19)16-8-6-7-9-18(16)26-4/h6-9,11H,5,10,12H2,1-4H3. The van der Waals surface area contributed by atoms with Crippen LogP contribution in [0, 0.1) is 13.8 Å². The van der Waals surface area contributed by atoms with Gasteiger partial charge in [-0.2, -0.15) is 4.68 Å². The van der Waals surface area contributed by atoms with Crippen LogP contribution in [0.2, 0.25) is 0 Å². The molecule has 0 aliphatic rings. The molecule has 0 bridgehead atoms. The summed E-state index contributed by atoms with van der Waals surface area (Å²) in [5.74, 6) is 1.01. The monoisotopic (exact) mass is 385 g/mol. The molecule has 3 aromatic rings. The van der Waals surface area contributed by atoms with Crippen molar-refractivity contribution in [1.29, 1.82) is 0 Å². The zero-order valence-corrected chi connectivity index (χ0v) is 16.8. The smallest absolute Gasteiger partial charge is 0.214 e. The van der Waals surface area contributed by atoms with Crippen molar-refractivity contribution >= 4 is 17.5 Å². The van der Waals surface area contributed by atoms with Crippen molar-refractivity contribution in [2.24, 2.45) is 0 Å². The van der Waals surface area contributed by atoms with Crippen LogP contribution < -0.4 is 4.74 Å². The molecule has 2 heterocycles. The molecule has 0 amide bonds. The summed E-state index contributed by atoms with van der Waals surface area (Å²) in [6.07, 6.45) is 1.03. The highest BCUT2D eigenvalue weighted by Crippen LogP contribution is 2.26. The number of rotatable bonds is 8. The number of Topliss-reactive ketones (excluding diaryl/α,β-unsaturated/α-hetero) is 1. The Hall–Kier alpha value is -2.61. The van der Waals surface area contributed by atoms with E-state index in [1.807, 2.05) is 44.2 Å². The normalized spacial score (nSPS) is 11.0. The lowest BCUT2D eigenvalue weighted by molar-refractivity contribution is 0.102. The second kappa shape index (κ2) is 8.39. The zero-order chi connectivity index (χ0) is 19.4. The molecule has 3 rings (SSSR count). The average Bonchev–Trinajstić information content (AvgIpc) is 3.26. The quantitative estimate of drug-likeness (QED) is 0.437. The van der Waals surface area contributed by atoms with Crippen LogP contribution in [0.15, 0.2) is 35.5 Å². The molecule has 0 atom stereocenters. The van der Waals surface area contributed by atoms with Crippen molar-refractivity contribution in [2.75, 3.05) is 12.9 Å². The first-order valence-electron chi connectivity index (χ1n) is 8.81. The number of hydrogen-bond acceptors (Lipinski definition) is 6. The molecule has 142 valence electrons. The molecule has 1 aromatic carbocycles. The first kappa shape index (κ1) is 19.2. The molecule has 2 aromatic heterocycles. The predicted octanol–water partition coefficient (Wildman–Crippen LogP) is 3.47. The molecule has 27 heavy (non-hydrogen) atoms. The Labute approximate surface area is 162 Å². The fourth-order valence-corrected chi connectivity index (χ4v) is 3.85. The maximum absolute atomic E-state index is 12.8. The Morgan fingerprint density at radius 2 is 2.04 bits per heavy atom. The van der Waals surface area contributed by atoms with E-state index in [2.05, 4.69) is 27.0 Å². The van der Waals surface area contributed by atoms with Crippen molar-refractivity contribution < 1.29 is 9.53 Å². The molecule has 7 nitrogen and oxygen atoms in total. The molecule has 0 aliphatic heterocycles. The number of para-hydroxylation sites is 2. The van der Waals surface area contributed by atoms with Crippen molar-refractivity contribution in [1.82, 2.24) is 24.8 Å². The van der Waals surface area contributed by atoms with Crippen LogP contribution in [0.25, 0.3) is 5.69 Å². The van der Waals surface area contributed by atoms with E-state index in [1.165, 1.54) is 11.8 Å². The number of aromatic nitrogens is 5. The Morgan fingerprint density at radius 3 is 2.78 bits per heavy atom. The van der Waals surface area contributed by atoms with Crippen molar-refractivity contribution in [3.8, 4) is 11.4 Å². The maximum atomic E-state index is 12.8. The van der Waals surface area contributed by atoms with Gasteiger partial charge in [0.2, 0.25) is 5.16 Å². The molecule has 0 spiro atoms. The number of carbonyl (C=O) groups excluding carboxylic acids is 1. The van der Waals surface area contributed by atoms with Crippen LogP contribution >= 0.6 is 11.8 Å². The summed E-state index contributed by atoms with van der Waals surface area (Å²) >= 11 is 1.32. The number of thioether (sulfide) groups is 1. The maximum Gasteiger partial charge on any atom is 0.214 e. The largest absolute Gasteiger partial charge is 0.494 e. The van der Waals surface area contributed by atoms with E-state index in [0.717, 1.165) is 35.6 Å². The SMILES string of the molecule is CCCn1c(C)cc(C(=O)CSc2nnnn2-c2ccccc2OC)c1C. The minimum atomic E-state index is 0.0741. The molecule has 0 unspecified atom stereocenters. The first-order valence-corrected chi connectivity index (χ1v) is 9.79. The number of nitrogens with zero attached hydrogens (tertiary/aromatic N) is 5. The summed E-state index contributed by atoms with van der Waals surface area (Å²) in [5.41, 5.74) is 3.64. The number of aryl methyl sites for hydroxylation is 1. The molecule has 0 N–H and O–H groups in total. The third-order valence-corrected chi connectivity index (χ3v) is 5.33. The second-order valence-corrected chi connectivity index (χ2v) is 7.14. The molecule has 0 aliphatic carbocycles. The Kier molecular flexibility index (Phi) is 5.95. The van der Waals surface area contributed by atoms with Crippen LogP contribution in [0.3, 0.4) is 0 Å². The van der Waals surface area contributed by atoms with Crippen LogP contribution in [-0.2, 0) is 6.54 Å². The highest BCUT2D eigenvalue weighted by molar-refractivity contribution is 7.99. The van der Waals surface area contributed by atoms with E-state index in [0.29, 0.717) is 10.9 Å². The van der Waals surface area contributed by atoms with Crippen molar-refractivity contribution in [3.63, 3.8) is 0 Å². The average molecular weight is 385 g/mol.